The summed E-state index contributed by atoms with van der Waals surface area (Å²) < 4.78 is 5.27. The number of likely N-dealkylation sites (tertiary alicyclic amines) is 1. The average molecular weight is 345 g/mol. The normalized spacial score (nSPS) is 24.6. The molecule has 2 aliphatic rings. The van der Waals surface area contributed by atoms with Gasteiger partial charge in [0.2, 0.25) is 0 Å². The lowest BCUT2D eigenvalue weighted by atomic mass is 9.93. The third-order valence-corrected chi connectivity index (χ3v) is 5.72. The first-order valence-corrected chi connectivity index (χ1v) is 9.44. The second kappa shape index (κ2) is 8.09. The lowest BCUT2D eigenvalue weighted by Gasteiger charge is -2.26. The van der Waals surface area contributed by atoms with Crippen LogP contribution in [0.15, 0.2) is 24.3 Å². The molecule has 1 aliphatic heterocycles. The quantitative estimate of drug-likeness (QED) is 0.912. The van der Waals surface area contributed by atoms with Crippen molar-refractivity contribution >= 4 is 6.03 Å². The Morgan fingerprint density at radius 1 is 1.12 bits per heavy atom. The first kappa shape index (κ1) is 18.1. The van der Waals surface area contributed by atoms with Crippen molar-refractivity contribution in [1.82, 2.24) is 15.1 Å². The van der Waals surface area contributed by atoms with Crippen LogP contribution in [0.5, 0.6) is 5.75 Å². The predicted molar refractivity (Wildman–Crippen MR) is 100 cm³/mol. The van der Waals surface area contributed by atoms with Crippen molar-refractivity contribution in [2.24, 2.45) is 0 Å². The molecule has 0 unspecified atom stereocenters. The first-order valence-electron chi connectivity index (χ1n) is 9.44. The van der Waals surface area contributed by atoms with Gasteiger partial charge in [0.25, 0.3) is 0 Å². The summed E-state index contributed by atoms with van der Waals surface area (Å²) in [6, 6.07) is 9.07. The van der Waals surface area contributed by atoms with Gasteiger partial charge in [-0.1, -0.05) is 31.4 Å². The lowest BCUT2D eigenvalue weighted by Crippen LogP contribution is -2.45. The fourth-order valence-electron chi connectivity index (χ4n) is 4.17. The molecule has 1 N–H and O–H groups in total. The van der Waals surface area contributed by atoms with Crippen molar-refractivity contribution in [3.05, 3.63) is 29.8 Å². The summed E-state index contributed by atoms with van der Waals surface area (Å²) in [6.07, 6.45) is 6.02. The van der Waals surface area contributed by atoms with E-state index in [9.17, 15) is 4.79 Å². The maximum Gasteiger partial charge on any atom is 0.317 e. The Morgan fingerprint density at radius 2 is 1.80 bits per heavy atom. The minimum absolute atomic E-state index is 0.106. The molecule has 25 heavy (non-hydrogen) atoms. The maximum absolute atomic E-state index is 12.7. The molecule has 1 heterocycles. The van der Waals surface area contributed by atoms with Gasteiger partial charge in [0.05, 0.1) is 7.11 Å². The van der Waals surface area contributed by atoms with Crippen molar-refractivity contribution in [3.8, 4) is 5.75 Å². The molecule has 2 fully saturated rings. The highest BCUT2D eigenvalue weighted by molar-refractivity contribution is 5.75. The minimum Gasteiger partial charge on any atom is -0.497 e. The van der Waals surface area contributed by atoms with Crippen molar-refractivity contribution in [3.63, 3.8) is 0 Å². The molecule has 0 aromatic heterocycles. The zero-order valence-electron chi connectivity index (χ0n) is 15.7. The Morgan fingerprint density at radius 3 is 2.40 bits per heavy atom. The Balaban J connectivity index is 1.67. The van der Waals surface area contributed by atoms with E-state index in [0.717, 1.165) is 31.7 Å². The SMILES string of the molecule is COc1ccc([C@@H]2CN(C(=O)NC3CCCCC3)C[C@H]2N(C)C)cc1. The second-order valence-electron chi connectivity index (χ2n) is 7.60. The number of nitrogens with one attached hydrogen (secondary N) is 1. The topological polar surface area (TPSA) is 44.8 Å². The van der Waals surface area contributed by atoms with Gasteiger partial charge in [-0.2, -0.15) is 0 Å². The van der Waals surface area contributed by atoms with Crippen LogP contribution in [-0.4, -0.2) is 62.2 Å². The van der Waals surface area contributed by atoms with Gasteiger partial charge in [-0.05, 0) is 44.6 Å². The third-order valence-electron chi connectivity index (χ3n) is 5.72. The van der Waals surface area contributed by atoms with Gasteiger partial charge >= 0.3 is 6.03 Å². The Bertz CT molecular complexity index is 567. The zero-order valence-corrected chi connectivity index (χ0v) is 15.7. The number of ether oxygens (including phenoxy) is 1. The van der Waals surface area contributed by atoms with Crippen LogP contribution in [0.1, 0.15) is 43.6 Å². The number of hydrogen-bond acceptors (Lipinski definition) is 3. The number of rotatable bonds is 4. The van der Waals surface area contributed by atoms with Gasteiger partial charge < -0.3 is 19.9 Å². The number of nitrogens with zero attached hydrogens (tertiary/aromatic N) is 2. The number of hydrogen-bond donors (Lipinski definition) is 1. The van der Waals surface area contributed by atoms with Gasteiger partial charge in [-0.15, -0.1) is 0 Å². The van der Waals surface area contributed by atoms with Crippen LogP contribution in [0.3, 0.4) is 0 Å². The largest absolute Gasteiger partial charge is 0.497 e. The number of carbonyl (C=O) groups is 1. The summed E-state index contributed by atoms with van der Waals surface area (Å²) in [7, 11) is 5.89. The summed E-state index contributed by atoms with van der Waals surface area (Å²) in [6.45, 7) is 1.55. The molecule has 5 heteroatoms. The number of carbonyl (C=O) groups excluding carboxylic acids is 1. The summed E-state index contributed by atoms with van der Waals surface area (Å²) >= 11 is 0. The summed E-state index contributed by atoms with van der Waals surface area (Å²) in [5, 5.41) is 3.26. The van der Waals surface area contributed by atoms with Crippen molar-refractivity contribution in [2.45, 2.75) is 50.1 Å². The van der Waals surface area contributed by atoms with Crippen LogP contribution in [0.2, 0.25) is 0 Å². The van der Waals surface area contributed by atoms with Crippen LogP contribution in [0.25, 0.3) is 0 Å². The van der Waals surface area contributed by atoms with Gasteiger partial charge in [0.15, 0.2) is 0 Å². The number of amides is 2. The fourth-order valence-corrected chi connectivity index (χ4v) is 4.17. The fraction of sp³-hybridized carbons (Fsp3) is 0.650. The Labute approximate surface area is 151 Å². The predicted octanol–water partition coefficient (Wildman–Crippen LogP) is 3.07. The summed E-state index contributed by atoms with van der Waals surface area (Å²) in [5.41, 5.74) is 1.27. The molecule has 1 aromatic rings. The van der Waals surface area contributed by atoms with Crippen LogP contribution in [0, 0.1) is 0 Å². The number of methoxy groups -OCH3 is 1. The maximum atomic E-state index is 12.7. The highest BCUT2D eigenvalue weighted by Gasteiger charge is 2.37. The summed E-state index contributed by atoms with van der Waals surface area (Å²) in [5.74, 6) is 1.20. The molecule has 5 nitrogen and oxygen atoms in total. The third kappa shape index (κ3) is 4.27. The molecule has 0 bridgehead atoms. The van der Waals surface area contributed by atoms with Crippen molar-refractivity contribution in [1.29, 1.82) is 0 Å². The molecular weight excluding hydrogens is 314 g/mol. The number of likely N-dealkylation sites (N-methyl/N-ethyl adjacent to an activating group) is 1. The van der Waals surface area contributed by atoms with E-state index in [4.69, 9.17) is 4.74 Å². The van der Waals surface area contributed by atoms with Gasteiger partial charge in [0, 0.05) is 31.1 Å². The molecule has 2 amide bonds. The number of urea groups is 1. The highest BCUT2D eigenvalue weighted by Crippen LogP contribution is 2.31. The second-order valence-corrected chi connectivity index (χ2v) is 7.60. The molecule has 1 saturated carbocycles. The number of benzene rings is 1. The van der Waals surface area contributed by atoms with Gasteiger partial charge in [-0.3, -0.25) is 0 Å². The molecule has 3 rings (SSSR count). The summed E-state index contributed by atoms with van der Waals surface area (Å²) in [4.78, 5) is 17.0. The zero-order chi connectivity index (χ0) is 17.8. The Hall–Kier alpha value is -1.75. The monoisotopic (exact) mass is 345 g/mol. The highest BCUT2D eigenvalue weighted by atomic mass is 16.5. The van der Waals surface area contributed by atoms with E-state index in [1.54, 1.807) is 7.11 Å². The molecular formula is C20H31N3O2. The molecule has 138 valence electrons. The van der Waals surface area contributed by atoms with Crippen LogP contribution in [-0.2, 0) is 0 Å². The van der Waals surface area contributed by atoms with Crippen LogP contribution in [0.4, 0.5) is 4.79 Å². The minimum atomic E-state index is 0.106. The van der Waals surface area contributed by atoms with Crippen molar-refractivity contribution < 1.29 is 9.53 Å². The average Bonchev–Trinajstić information content (AvgIpc) is 3.08. The van der Waals surface area contributed by atoms with E-state index in [0.29, 0.717) is 18.0 Å². The van der Waals surface area contributed by atoms with E-state index in [1.165, 1.54) is 24.8 Å². The standard InChI is InChI=1S/C20H31N3O2/c1-22(2)19-14-23(20(24)21-16-7-5-4-6-8-16)13-18(19)15-9-11-17(25-3)12-10-15/h9-12,16,18-19H,4-8,13-14H2,1-3H3,(H,21,24)/t18-,19+/m0/s1. The van der Waals surface area contributed by atoms with E-state index in [2.05, 4.69) is 36.4 Å². The van der Waals surface area contributed by atoms with Crippen molar-refractivity contribution in [2.75, 3.05) is 34.3 Å². The molecule has 2 atom stereocenters. The first-order chi connectivity index (χ1) is 12.1. The molecule has 0 spiro atoms. The molecule has 0 radical (unpaired) electrons. The van der Waals surface area contributed by atoms with Gasteiger partial charge in [-0.25, -0.2) is 4.79 Å². The van der Waals surface area contributed by atoms with Gasteiger partial charge in [0.1, 0.15) is 5.75 Å². The van der Waals surface area contributed by atoms with E-state index in [1.807, 2.05) is 17.0 Å². The molecule has 1 aromatic carbocycles. The van der Waals surface area contributed by atoms with Crippen LogP contribution >= 0.6 is 0 Å². The molecule has 1 aliphatic carbocycles. The van der Waals surface area contributed by atoms with E-state index < -0.39 is 0 Å². The smallest absolute Gasteiger partial charge is 0.317 e. The van der Waals surface area contributed by atoms with Crippen LogP contribution < -0.4 is 10.1 Å². The Kier molecular flexibility index (Phi) is 5.84. The lowest BCUT2D eigenvalue weighted by molar-refractivity contribution is 0.195. The van der Waals surface area contributed by atoms with E-state index >= 15 is 0 Å². The van der Waals surface area contributed by atoms with E-state index in [-0.39, 0.29) is 6.03 Å². The molecule has 1 saturated heterocycles.